The Hall–Kier alpha value is -3.06. The molecule has 0 bridgehead atoms. The van der Waals surface area contributed by atoms with Crippen LogP contribution >= 0.6 is 11.8 Å². The highest BCUT2D eigenvalue weighted by molar-refractivity contribution is 8.16. The lowest BCUT2D eigenvalue weighted by Gasteiger charge is -2.32. The van der Waals surface area contributed by atoms with Gasteiger partial charge in [-0.3, -0.25) is 9.99 Å². The van der Waals surface area contributed by atoms with E-state index < -0.39 is 11.6 Å². The lowest BCUT2D eigenvalue weighted by molar-refractivity contribution is -0.107. The summed E-state index contributed by atoms with van der Waals surface area (Å²) >= 11 is 1.53. The molecule has 1 aromatic carbocycles. The molecule has 0 N–H and O–H groups in total. The van der Waals surface area contributed by atoms with E-state index in [0.717, 1.165) is 43.2 Å². The van der Waals surface area contributed by atoms with E-state index in [1.165, 1.54) is 29.0 Å². The van der Waals surface area contributed by atoms with Crippen LogP contribution in [0.25, 0.3) is 0 Å². The number of pyridine rings is 1. The molecule has 0 fully saturated rings. The van der Waals surface area contributed by atoms with E-state index in [0.29, 0.717) is 11.5 Å². The SMILES string of the molecule is CN1N=C(c2cc(F)ccc2F)SC12CCC1=C2C=CC=CC1.O=CCc1cccnc1. The maximum atomic E-state index is 14.1. The van der Waals surface area contributed by atoms with Crippen molar-refractivity contribution in [1.29, 1.82) is 0 Å². The van der Waals surface area contributed by atoms with Crippen molar-refractivity contribution >= 4 is 23.1 Å². The summed E-state index contributed by atoms with van der Waals surface area (Å²) in [5.41, 5.74) is 3.87. The van der Waals surface area contributed by atoms with Crippen LogP contribution in [0.5, 0.6) is 0 Å². The first-order valence-electron chi connectivity index (χ1n) is 10.4. The smallest absolute Gasteiger partial charge is 0.134 e. The molecule has 1 aromatic heterocycles. The van der Waals surface area contributed by atoms with Gasteiger partial charge in [-0.25, -0.2) is 8.78 Å². The zero-order valence-electron chi connectivity index (χ0n) is 17.7. The van der Waals surface area contributed by atoms with E-state index in [9.17, 15) is 13.6 Å². The van der Waals surface area contributed by atoms with Crippen molar-refractivity contribution in [2.24, 2.45) is 5.10 Å². The summed E-state index contributed by atoms with van der Waals surface area (Å²) in [5.74, 6) is -0.883. The molecule has 2 aliphatic carbocycles. The number of likely N-dealkylation sites (N-methyl/N-ethyl adjacent to an activating group) is 1. The summed E-state index contributed by atoms with van der Waals surface area (Å²) in [6.07, 6.45) is 16.0. The Morgan fingerprint density at radius 2 is 2.12 bits per heavy atom. The number of carbonyl (C=O) groups is 1. The molecule has 1 atom stereocenters. The topological polar surface area (TPSA) is 45.6 Å². The first kappa shape index (κ1) is 22.1. The van der Waals surface area contributed by atoms with Gasteiger partial charge in [0.15, 0.2) is 0 Å². The standard InChI is InChI=1S/C18H16F2N2S.C7H7NO/c1-22-18(10-9-12-5-3-2-4-6-15(12)18)23-17(21-22)14-11-13(19)7-8-16(14)20;9-5-3-7-2-1-4-8-6-7/h2-4,6-8,11H,5,9-10H2,1H3;1-2,4-6H,3H2. The minimum atomic E-state index is -0.446. The van der Waals surface area contributed by atoms with Crippen LogP contribution in [0.15, 0.2) is 83.3 Å². The number of thioether (sulfide) groups is 1. The number of fused-ring (bicyclic) bond motifs is 1. The molecule has 0 amide bonds. The molecular formula is C25H23F2N3OS. The summed E-state index contributed by atoms with van der Waals surface area (Å²) < 4.78 is 27.6. The number of benzene rings is 1. The zero-order chi connectivity index (χ0) is 22.6. The number of allylic oxidation sites excluding steroid dienone is 4. The fraction of sp³-hybridized carbons (Fsp3) is 0.240. The van der Waals surface area contributed by atoms with E-state index in [-0.39, 0.29) is 10.4 Å². The summed E-state index contributed by atoms with van der Waals surface area (Å²) in [7, 11) is 1.92. The highest BCUT2D eigenvalue weighted by Gasteiger charge is 2.48. The molecule has 1 aliphatic heterocycles. The Bertz CT molecular complexity index is 1130. The van der Waals surface area contributed by atoms with E-state index in [1.54, 1.807) is 12.4 Å². The maximum Gasteiger partial charge on any atom is 0.134 e. The van der Waals surface area contributed by atoms with Crippen molar-refractivity contribution in [3.63, 3.8) is 0 Å². The molecule has 0 radical (unpaired) electrons. The van der Waals surface area contributed by atoms with E-state index in [4.69, 9.17) is 0 Å². The Morgan fingerprint density at radius 3 is 2.91 bits per heavy atom. The molecule has 32 heavy (non-hydrogen) atoms. The monoisotopic (exact) mass is 451 g/mol. The van der Waals surface area contributed by atoms with Crippen LogP contribution in [0.4, 0.5) is 8.78 Å². The van der Waals surface area contributed by atoms with Crippen molar-refractivity contribution in [2.45, 2.75) is 30.6 Å². The van der Waals surface area contributed by atoms with E-state index in [1.807, 2.05) is 30.3 Å². The molecule has 3 aliphatic rings. The Morgan fingerprint density at radius 1 is 1.25 bits per heavy atom. The van der Waals surface area contributed by atoms with Crippen LogP contribution in [0, 0.1) is 11.6 Å². The molecule has 4 nitrogen and oxygen atoms in total. The van der Waals surface area contributed by atoms with Gasteiger partial charge in [-0.2, -0.15) is 5.10 Å². The molecule has 1 spiro atoms. The lowest BCUT2D eigenvalue weighted by atomic mass is 10.1. The van der Waals surface area contributed by atoms with Crippen LogP contribution in [-0.4, -0.2) is 33.2 Å². The normalized spacial score (nSPS) is 21.2. The van der Waals surface area contributed by atoms with Gasteiger partial charge in [-0.05, 0) is 54.7 Å². The van der Waals surface area contributed by atoms with Gasteiger partial charge in [-0.15, -0.1) is 0 Å². The molecule has 5 rings (SSSR count). The number of rotatable bonds is 3. The predicted octanol–water partition coefficient (Wildman–Crippen LogP) is 5.43. The molecule has 0 saturated heterocycles. The average Bonchev–Trinajstić information content (AvgIpc) is 3.20. The Labute approximate surface area is 190 Å². The Kier molecular flexibility index (Phi) is 6.65. The molecule has 164 valence electrons. The van der Waals surface area contributed by atoms with Crippen molar-refractivity contribution in [3.05, 3.63) is 101 Å². The number of hydrogen-bond acceptors (Lipinski definition) is 5. The third-order valence-corrected chi connectivity index (χ3v) is 7.19. The zero-order valence-corrected chi connectivity index (χ0v) is 18.5. The lowest BCUT2D eigenvalue weighted by Crippen LogP contribution is -2.36. The number of carbonyl (C=O) groups excluding carboxylic acids is 1. The fourth-order valence-electron chi connectivity index (χ4n) is 4.06. The molecule has 7 heteroatoms. The number of aromatic nitrogens is 1. The maximum absolute atomic E-state index is 14.1. The van der Waals surface area contributed by atoms with Crippen LogP contribution in [-0.2, 0) is 11.2 Å². The van der Waals surface area contributed by atoms with Gasteiger partial charge in [0.1, 0.15) is 27.8 Å². The minimum Gasteiger partial charge on any atom is -0.303 e. The molecular weight excluding hydrogens is 428 g/mol. The van der Waals surface area contributed by atoms with Gasteiger partial charge in [0, 0.05) is 31.4 Å². The second-order valence-corrected chi connectivity index (χ2v) is 8.95. The molecule has 1 unspecified atom stereocenters. The minimum absolute atomic E-state index is 0.239. The van der Waals surface area contributed by atoms with E-state index in [2.05, 4.69) is 28.3 Å². The predicted molar refractivity (Wildman–Crippen MR) is 124 cm³/mol. The van der Waals surface area contributed by atoms with Crippen molar-refractivity contribution in [3.8, 4) is 0 Å². The molecule has 2 heterocycles. The van der Waals surface area contributed by atoms with Gasteiger partial charge >= 0.3 is 0 Å². The van der Waals surface area contributed by atoms with E-state index >= 15 is 0 Å². The van der Waals surface area contributed by atoms with Gasteiger partial charge in [0.2, 0.25) is 0 Å². The molecule has 0 saturated carbocycles. The van der Waals surface area contributed by atoms with Crippen molar-refractivity contribution in [1.82, 2.24) is 9.99 Å². The highest BCUT2D eigenvalue weighted by Crippen LogP contribution is 2.53. The van der Waals surface area contributed by atoms with Gasteiger partial charge < -0.3 is 4.79 Å². The van der Waals surface area contributed by atoms with Crippen molar-refractivity contribution < 1.29 is 13.6 Å². The fourth-order valence-corrected chi connectivity index (χ4v) is 5.51. The third-order valence-electron chi connectivity index (χ3n) is 5.67. The Balaban J connectivity index is 0.000000230. The van der Waals surface area contributed by atoms with Crippen LogP contribution in [0.1, 0.15) is 30.4 Å². The number of hydrazone groups is 1. The summed E-state index contributed by atoms with van der Waals surface area (Å²) in [6.45, 7) is 0. The quantitative estimate of drug-likeness (QED) is 0.584. The third kappa shape index (κ3) is 4.43. The number of aldehydes is 1. The van der Waals surface area contributed by atoms with Crippen molar-refractivity contribution in [2.75, 3.05) is 7.05 Å². The number of hydrogen-bond donors (Lipinski definition) is 0. The average molecular weight is 452 g/mol. The second-order valence-electron chi connectivity index (χ2n) is 7.68. The highest BCUT2D eigenvalue weighted by atomic mass is 32.2. The summed E-state index contributed by atoms with van der Waals surface area (Å²) in [5, 5.41) is 6.99. The largest absolute Gasteiger partial charge is 0.303 e. The van der Waals surface area contributed by atoms with Gasteiger partial charge in [-0.1, -0.05) is 47.7 Å². The summed E-state index contributed by atoms with van der Waals surface area (Å²) in [6, 6.07) is 7.21. The van der Waals surface area contributed by atoms with Crippen LogP contribution in [0.2, 0.25) is 0 Å². The van der Waals surface area contributed by atoms with Gasteiger partial charge in [0.05, 0.1) is 0 Å². The molecule has 2 aromatic rings. The van der Waals surface area contributed by atoms with Gasteiger partial charge in [0.25, 0.3) is 0 Å². The first-order chi connectivity index (χ1) is 15.5. The number of halogens is 2. The first-order valence-corrected chi connectivity index (χ1v) is 11.2. The second kappa shape index (κ2) is 9.61. The van der Waals surface area contributed by atoms with Crippen LogP contribution < -0.4 is 0 Å². The summed E-state index contributed by atoms with van der Waals surface area (Å²) in [4.78, 5) is 13.5. The van der Waals surface area contributed by atoms with Crippen LogP contribution in [0.3, 0.4) is 0 Å². The number of nitrogens with zero attached hydrogens (tertiary/aromatic N) is 3.